The number of hydrogen-bond acceptors (Lipinski definition) is 3. The molecular weight excluding hydrogens is 233 g/mol. The van der Waals surface area contributed by atoms with Crippen molar-refractivity contribution in [3.8, 4) is 0 Å². The fourth-order valence-electron chi connectivity index (χ4n) is 0.520. The summed E-state index contributed by atoms with van der Waals surface area (Å²) in [6.07, 6.45) is 1.43. The number of halogens is 2. The summed E-state index contributed by atoms with van der Waals surface area (Å²) in [4.78, 5) is 17.1. The Morgan fingerprint density at radius 3 is 2.82 bits per heavy atom. The molecule has 4 nitrogen and oxygen atoms in total. The van der Waals surface area contributed by atoms with Gasteiger partial charge in [0, 0.05) is 6.20 Å². The summed E-state index contributed by atoms with van der Waals surface area (Å²) in [5.74, 6) is 0.494. The van der Waals surface area contributed by atoms with Crippen molar-refractivity contribution in [2.45, 2.75) is 6.54 Å². The van der Waals surface area contributed by atoms with Crippen LogP contribution in [0.3, 0.4) is 0 Å². The van der Waals surface area contributed by atoms with Gasteiger partial charge >= 0.3 is 0 Å². The number of nitrogens with zero attached hydrogens (tertiary/aromatic N) is 1. The van der Waals surface area contributed by atoms with Crippen LogP contribution in [0.25, 0.3) is 0 Å². The molecule has 6 heteroatoms. The lowest BCUT2D eigenvalue weighted by Crippen LogP contribution is -2.13. The Kier molecular flexibility index (Phi) is 4.32. The molecule has 1 aromatic heterocycles. The lowest BCUT2D eigenvalue weighted by atomic mass is 10.5. The smallest absolute Gasteiger partial charge is 0.265 e. The van der Waals surface area contributed by atoms with Crippen LogP contribution >= 0.6 is 28.3 Å². The second kappa shape index (κ2) is 4.48. The van der Waals surface area contributed by atoms with Crippen molar-refractivity contribution >= 4 is 28.3 Å². The van der Waals surface area contributed by atoms with E-state index in [9.17, 15) is 4.79 Å². The number of aromatic amines is 1. The molecular formula is C5H7BrClN3O. The van der Waals surface area contributed by atoms with E-state index in [1.807, 2.05) is 0 Å². The van der Waals surface area contributed by atoms with Gasteiger partial charge in [-0.2, -0.15) is 0 Å². The van der Waals surface area contributed by atoms with Crippen molar-refractivity contribution in [3.05, 3.63) is 26.8 Å². The van der Waals surface area contributed by atoms with Crippen LogP contribution in [0.2, 0.25) is 0 Å². The summed E-state index contributed by atoms with van der Waals surface area (Å²) in [6, 6.07) is 0. The minimum atomic E-state index is -0.199. The SMILES string of the molecule is Cl.NCc1ncc(Br)c(=O)[nH]1. The van der Waals surface area contributed by atoms with Crippen LogP contribution in [-0.4, -0.2) is 9.97 Å². The molecule has 0 atom stereocenters. The summed E-state index contributed by atoms with van der Waals surface area (Å²) < 4.78 is 0.421. The van der Waals surface area contributed by atoms with Gasteiger partial charge in [-0.1, -0.05) is 0 Å². The van der Waals surface area contributed by atoms with Gasteiger partial charge in [-0.3, -0.25) is 4.79 Å². The first kappa shape index (κ1) is 10.6. The summed E-state index contributed by atoms with van der Waals surface area (Å²) >= 11 is 3.01. The number of nitrogens with one attached hydrogen (secondary N) is 1. The second-order valence-corrected chi connectivity index (χ2v) is 2.57. The zero-order valence-corrected chi connectivity index (χ0v) is 7.91. The molecule has 0 bridgehead atoms. The molecule has 0 fully saturated rings. The molecule has 0 aliphatic rings. The first-order valence-corrected chi connectivity index (χ1v) is 3.47. The molecule has 0 aliphatic carbocycles. The average Bonchev–Trinajstić information content (AvgIpc) is 1.95. The van der Waals surface area contributed by atoms with Gasteiger partial charge in [0.05, 0.1) is 6.54 Å². The van der Waals surface area contributed by atoms with Crippen molar-refractivity contribution < 1.29 is 0 Å². The van der Waals surface area contributed by atoms with Crippen LogP contribution in [-0.2, 0) is 6.54 Å². The highest BCUT2D eigenvalue weighted by atomic mass is 79.9. The molecule has 0 aromatic carbocycles. The third-order valence-corrected chi connectivity index (χ3v) is 1.57. The summed E-state index contributed by atoms with van der Waals surface area (Å²) in [7, 11) is 0. The molecule has 0 spiro atoms. The summed E-state index contributed by atoms with van der Waals surface area (Å²) in [5.41, 5.74) is 5.02. The lowest BCUT2D eigenvalue weighted by Gasteiger charge is -1.93. The maximum atomic E-state index is 10.8. The van der Waals surface area contributed by atoms with Crippen molar-refractivity contribution in [3.63, 3.8) is 0 Å². The Bertz CT molecular complexity index is 287. The average molecular weight is 240 g/mol. The maximum absolute atomic E-state index is 10.8. The zero-order valence-electron chi connectivity index (χ0n) is 5.50. The molecule has 0 radical (unpaired) electrons. The van der Waals surface area contributed by atoms with Crippen LogP contribution < -0.4 is 11.3 Å². The molecule has 1 aromatic rings. The highest BCUT2D eigenvalue weighted by Crippen LogP contribution is 1.97. The second-order valence-electron chi connectivity index (χ2n) is 1.71. The highest BCUT2D eigenvalue weighted by Gasteiger charge is 1.95. The Morgan fingerprint density at radius 1 is 1.73 bits per heavy atom. The van der Waals surface area contributed by atoms with Crippen LogP contribution in [0, 0.1) is 0 Å². The topological polar surface area (TPSA) is 71.8 Å². The number of H-pyrrole nitrogens is 1. The van der Waals surface area contributed by atoms with E-state index in [0.29, 0.717) is 10.3 Å². The van der Waals surface area contributed by atoms with Crippen LogP contribution in [0.15, 0.2) is 15.5 Å². The fraction of sp³-hybridized carbons (Fsp3) is 0.200. The predicted molar refractivity (Wildman–Crippen MR) is 47.7 cm³/mol. The number of rotatable bonds is 1. The highest BCUT2D eigenvalue weighted by molar-refractivity contribution is 9.10. The van der Waals surface area contributed by atoms with Gasteiger partial charge in [0.15, 0.2) is 0 Å². The van der Waals surface area contributed by atoms with Crippen LogP contribution in [0.1, 0.15) is 5.82 Å². The van der Waals surface area contributed by atoms with Crippen LogP contribution in [0.5, 0.6) is 0 Å². The number of aromatic nitrogens is 2. The normalized spacial score (nSPS) is 8.91. The molecule has 0 amide bonds. The first-order valence-electron chi connectivity index (χ1n) is 2.68. The number of nitrogens with two attached hydrogens (primary N) is 1. The molecule has 0 saturated heterocycles. The molecule has 0 aliphatic heterocycles. The van der Waals surface area contributed by atoms with Gasteiger partial charge in [0.25, 0.3) is 5.56 Å². The Labute approximate surface area is 77.8 Å². The van der Waals surface area contributed by atoms with Crippen LogP contribution in [0.4, 0.5) is 0 Å². The van der Waals surface area contributed by atoms with Crippen molar-refractivity contribution in [2.24, 2.45) is 5.73 Å². The van der Waals surface area contributed by atoms with Gasteiger partial charge in [-0.15, -0.1) is 12.4 Å². The van der Waals surface area contributed by atoms with E-state index < -0.39 is 0 Å². The summed E-state index contributed by atoms with van der Waals surface area (Å²) in [6.45, 7) is 0.252. The van der Waals surface area contributed by atoms with Crippen molar-refractivity contribution in [1.82, 2.24) is 9.97 Å². The molecule has 0 saturated carbocycles. The van der Waals surface area contributed by atoms with E-state index in [-0.39, 0.29) is 24.5 Å². The predicted octanol–water partition coefficient (Wildman–Crippen LogP) is 0.413. The largest absolute Gasteiger partial charge is 0.324 e. The maximum Gasteiger partial charge on any atom is 0.265 e. The van der Waals surface area contributed by atoms with Gasteiger partial charge < -0.3 is 10.7 Å². The third kappa shape index (κ3) is 2.61. The van der Waals surface area contributed by atoms with E-state index in [1.165, 1.54) is 6.20 Å². The quantitative estimate of drug-likeness (QED) is 0.747. The molecule has 1 heterocycles. The lowest BCUT2D eigenvalue weighted by molar-refractivity contribution is 0.887. The Hall–Kier alpha value is -0.390. The standard InChI is InChI=1S/C5H6BrN3O.ClH/c6-3-2-8-4(1-7)9-5(3)10;/h2H,1,7H2,(H,8,9,10);1H. The molecule has 62 valence electrons. The molecule has 1 rings (SSSR count). The summed E-state index contributed by atoms with van der Waals surface area (Å²) in [5, 5.41) is 0. The van der Waals surface area contributed by atoms with Crippen molar-refractivity contribution in [1.29, 1.82) is 0 Å². The fourth-order valence-corrected chi connectivity index (χ4v) is 0.721. The van der Waals surface area contributed by atoms with E-state index in [2.05, 4.69) is 25.9 Å². The zero-order chi connectivity index (χ0) is 7.56. The van der Waals surface area contributed by atoms with Gasteiger partial charge in [0.1, 0.15) is 10.3 Å². The first-order chi connectivity index (χ1) is 4.74. The van der Waals surface area contributed by atoms with E-state index in [0.717, 1.165) is 0 Å². The Morgan fingerprint density at radius 2 is 2.36 bits per heavy atom. The monoisotopic (exact) mass is 239 g/mol. The van der Waals surface area contributed by atoms with Gasteiger partial charge in [0.2, 0.25) is 0 Å². The molecule has 3 N–H and O–H groups in total. The van der Waals surface area contributed by atoms with Gasteiger partial charge in [-0.05, 0) is 15.9 Å². The van der Waals surface area contributed by atoms with E-state index in [4.69, 9.17) is 5.73 Å². The van der Waals surface area contributed by atoms with E-state index >= 15 is 0 Å². The third-order valence-electron chi connectivity index (χ3n) is 1.00. The molecule has 11 heavy (non-hydrogen) atoms. The van der Waals surface area contributed by atoms with Crippen molar-refractivity contribution in [2.75, 3.05) is 0 Å². The molecule has 0 unspecified atom stereocenters. The van der Waals surface area contributed by atoms with Gasteiger partial charge in [-0.25, -0.2) is 4.98 Å². The number of hydrogen-bond donors (Lipinski definition) is 2. The minimum absolute atomic E-state index is 0. The van der Waals surface area contributed by atoms with E-state index in [1.54, 1.807) is 0 Å². The Balaban J connectivity index is 0.000001000. The minimum Gasteiger partial charge on any atom is -0.324 e.